The Kier molecular flexibility index (Phi) is 2.71. The summed E-state index contributed by atoms with van der Waals surface area (Å²) in [5.74, 6) is -1.39. The van der Waals surface area contributed by atoms with Gasteiger partial charge in [-0.25, -0.2) is 4.39 Å². The maximum atomic E-state index is 12.7. The summed E-state index contributed by atoms with van der Waals surface area (Å²) in [4.78, 5) is 22.7. The molecule has 1 fully saturated rings. The van der Waals surface area contributed by atoms with Crippen LogP contribution in [0.1, 0.15) is 12.8 Å². The molecule has 3 nitrogen and oxygen atoms in total. The van der Waals surface area contributed by atoms with Crippen LogP contribution in [0, 0.1) is 5.82 Å². The van der Waals surface area contributed by atoms with Crippen LogP contribution in [-0.4, -0.2) is 21.6 Å². The second kappa shape index (κ2) is 3.90. The van der Waals surface area contributed by atoms with Crippen LogP contribution in [0.4, 0.5) is 4.39 Å². The SMILES string of the molecule is O=C1CC(Sc2ccc(F)cc2)(C(=O)O)C1. The summed E-state index contributed by atoms with van der Waals surface area (Å²) in [6.07, 6.45) is 0.0920. The van der Waals surface area contributed by atoms with E-state index in [0.29, 0.717) is 4.90 Å². The van der Waals surface area contributed by atoms with Gasteiger partial charge in [-0.15, -0.1) is 11.8 Å². The molecule has 1 aromatic carbocycles. The molecule has 0 bridgehead atoms. The van der Waals surface area contributed by atoms with Crippen LogP contribution < -0.4 is 0 Å². The van der Waals surface area contributed by atoms with E-state index in [0.717, 1.165) is 11.8 Å². The summed E-state index contributed by atoms with van der Waals surface area (Å²) in [6.45, 7) is 0. The molecule has 84 valence electrons. The van der Waals surface area contributed by atoms with Gasteiger partial charge in [-0.05, 0) is 24.3 Å². The van der Waals surface area contributed by atoms with Crippen LogP contribution in [0.3, 0.4) is 0 Å². The zero-order valence-electron chi connectivity index (χ0n) is 8.27. The highest BCUT2D eigenvalue weighted by Crippen LogP contribution is 2.45. The van der Waals surface area contributed by atoms with Crippen molar-refractivity contribution in [3.63, 3.8) is 0 Å². The Labute approximate surface area is 95.7 Å². The Balaban J connectivity index is 2.16. The number of thioether (sulfide) groups is 1. The summed E-state index contributed by atoms with van der Waals surface area (Å²) in [5.41, 5.74) is 0. The molecule has 1 N–H and O–H groups in total. The topological polar surface area (TPSA) is 54.4 Å². The van der Waals surface area contributed by atoms with Gasteiger partial charge in [0.2, 0.25) is 0 Å². The molecule has 0 spiro atoms. The molecule has 0 radical (unpaired) electrons. The van der Waals surface area contributed by atoms with Gasteiger partial charge in [-0.1, -0.05) is 0 Å². The Morgan fingerprint density at radius 2 is 1.88 bits per heavy atom. The molecule has 0 atom stereocenters. The van der Waals surface area contributed by atoms with Crippen LogP contribution in [-0.2, 0) is 9.59 Å². The fraction of sp³-hybridized carbons (Fsp3) is 0.273. The third-order valence-corrected chi connectivity index (χ3v) is 3.84. The van der Waals surface area contributed by atoms with Crippen molar-refractivity contribution in [3.8, 4) is 0 Å². The molecule has 16 heavy (non-hydrogen) atoms. The molecule has 1 aliphatic rings. The number of halogens is 1. The summed E-state index contributed by atoms with van der Waals surface area (Å²) in [5, 5.41) is 9.07. The van der Waals surface area contributed by atoms with E-state index < -0.39 is 10.7 Å². The number of carboxylic acid groups (broad SMARTS) is 1. The number of hydrogen-bond donors (Lipinski definition) is 1. The van der Waals surface area contributed by atoms with Gasteiger partial charge in [0.15, 0.2) is 0 Å². The lowest BCUT2D eigenvalue weighted by Gasteiger charge is -2.35. The largest absolute Gasteiger partial charge is 0.480 e. The first-order valence-electron chi connectivity index (χ1n) is 4.71. The van der Waals surface area contributed by atoms with Gasteiger partial charge in [0, 0.05) is 17.7 Å². The number of carbonyl (C=O) groups excluding carboxylic acids is 1. The van der Waals surface area contributed by atoms with Crippen molar-refractivity contribution in [1.82, 2.24) is 0 Å². The Morgan fingerprint density at radius 1 is 1.31 bits per heavy atom. The Morgan fingerprint density at radius 3 is 2.31 bits per heavy atom. The number of hydrogen-bond acceptors (Lipinski definition) is 3. The van der Waals surface area contributed by atoms with E-state index in [4.69, 9.17) is 5.11 Å². The van der Waals surface area contributed by atoms with Crippen molar-refractivity contribution in [1.29, 1.82) is 0 Å². The Hall–Kier alpha value is -1.36. The predicted molar refractivity (Wildman–Crippen MR) is 56.9 cm³/mol. The number of carbonyl (C=O) groups is 2. The molecule has 1 aromatic rings. The van der Waals surface area contributed by atoms with E-state index >= 15 is 0 Å². The van der Waals surface area contributed by atoms with Gasteiger partial charge < -0.3 is 5.11 Å². The van der Waals surface area contributed by atoms with Crippen molar-refractivity contribution in [2.45, 2.75) is 22.5 Å². The normalized spacial score (nSPS) is 17.9. The van der Waals surface area contributed by atoms with E-state index in [1.165, 1.54) is 24.3 Å². The lowest BCUT2D eigenvalue weighted by Crippen LogP contribution is -2.48. The third kappa shape index (κ3) is 1.95. The van der Waals surface area contributed by atoms with E-state index in [1.807, 2.05) is 0 Å². The summed E-state index contributed by atoms with van der Waals surface area (Å²) in [7, 11) is 0. The smallest absolute Gasteiger partial charge is 0.321 e. The maximum Gasteiger partial charge on any atom is 0.321 e. The Bertz CT molecular complexity index is 433. The fourth-order valence-corrected chi connectivity index (χ4v) is 2.86. The molecule has 1 saturated carbocycles. The van der Waals surface area contributed by atoms with Gasteiger partial charge in [-0.3, -0.25) is 9.59 Å². The molecule has 0 aliphatic heterocycles. The number of rotatable bonds is 3. The first kappa shape index (κ1) is 11.1. The number of benzene rings is 1. The second-order valence-corrected chi connectivity index (χ2v) is 5.20. The molecule has 1 aliphatic carbocycles. The number of aliphatic carboxylic acids is 1. The van der Waals surface area contributed by atoms with Crippen LogP contribution >= 0.6 is 11.8 Å². The van der Waals surface area contributed by atoms with Crippen molar-refractivity contribution in [3.05, 3.63) is 30.1 Å². The first-order chi connectivity index (χ1) is 7.52. The molecular formula is C11H9FO3S. The number of ketones is 1. The second-order valence-electron chi connectivity index (χ2n) is 3.75. The average molecular weight is 240 g/mol. The summed E-state index contributed by atoms with van der Waals surface area (Å²) < 4.78 is 11.6. The molecule has 0 heterocycles. The quantitative estimate of drug-likeness (QED) is 0.879. The standard InChI is InChI=1S/C11H9FO3S/c12-7-1-3-9(4-2-7)16-11(10(14)15)5-8(13)6-11/h1-4H,5-6H2,(H,14,15). The van der Waals surface area contributed by atoms with Crippen molar-refractivity contribution in [2.75, 3.05) is 0 Å². The number of carboxylic acids is 1. The van der Waals surface area contributed by atoms with E-state index in [-0.39, 0.29) is 24.4 Å². The molecule has 5 heteroatoms. The predicted octanol–water partition coefficient (Wildman–Crippen LogP) is 2.10. The minimum Gasteiger partial charge on any atom is -0.480 e. The summed E-state index contributed by atoms with van der Waals surface area (Å²) >= 11 is 1.11. The van der Waals surface area contributed by atoms with Crippen molar-refractivity contribution < 1.29 is 19.1 Å². The monoisotopic (exact) mass is 240 g/mol. The van der Waals surface area contributed by atoms with E-state index in [2.05, 4.69) is 0 Å². The minimum absolute atomic E-state index is 0.0444. The molecule has 0 unspecified atom stereocenters. The van der Waals surface area contributed by atoms with E-state index in [9.17, 15) is 14.0 Å². The van der Waals surface area contributed by atoms with Crippen LogP contribution in [0.2, 0.25) is 0 Å². The third-order valence-electron chi connectivity index (χ3n) is 2.48. The van der Waals surface area contributed by atoms with Gasteiger partial charge in [0.1, 0.15) is 16.3 Å². The lowest BCUT2D eigenvalue weighted by molar-refractivity contribution is -0.147. The average Bonchev–Trinajstić information content (AvgIpc) is 2.18. The molecular weight excluding hydrogens is 231 g/mol. The molecule has 0 amide bonds. The fourth-order valence-electron chi connectivity index (χ4n) is 1.58. The van der Waals surface area contributed by atoms with Gasteiger partial charge in [0.05, 0.1) is 0 Å². The molecule has 0 aromatic heterocycles. The van der Waals surface area contributed by atoms with Gasteiger partial charge >= 0.3 is 5.97 Å². The zero-order chi connectivity index (χ0) is 11.8. The maximum absolute atomic E-state index is 12.7. The highest BCUT2D eigenvalue weighted by atomic mass is 32.2. The number of Topliss-reactive ketones (excluding diaryl/α,β-unsaturated/α-hetero) is 1. The van der Waals surface area contributed by atoms with Crippen LogP contribution in [0.15, 0.2) is 29.2 Å². The van der Waals surface area contributed by atoms with Crippen molar-refractivity contribution in [2.24, 2.45) is 0 Å². The minimum atomic E-state index is -1.05. The van der Waals surface area contributed by atoms with Crippen LogP contribution in [0.25, 0.3) is 0 Å². The zero-order valence-corrected chi connectivity index (χ0v) is 9.09. The van der Waals surface area contributed by atoms with Gasteiger partial charge in [-0.2, -0.15) is 0 Å². The molecule has 0 saturated heterocycles. The van der Waals surface area contributed by atoms with Crippen LogP contribution in [0.5, 0.6) is 0 Å². The van der Waals surface area contributed by atoms with E-state index in [1.54, 1.807) is 0 Å². The van der Waals surface area contributed by atoms with Gasteiger partial charge in [0.25, 0.3) is 0 Å². The highest BCUT2D eigenvalue weighted by molar-refractivity contribution is 8.01. The lowest BCUT2D eigenvalue weighted by atomic mass is 9.83. The summed E-state index contributed by atoms with van der Waals surface area (Å²) in [6, 6.07) is 5.59. The van der Waals surface area contributed by atoms with Crippen molar-refractivity contribution >= 4 is 23.5 Å². The molecule has 2 rings (SSSR count). The first-order valence-corrected chi connectivity index (χ1v) is 5.53. The highest BCUT2D eigenvalue weighted by Gasteiger charge is 2.51.